The second kappa shape index (κ2) is 6.97. The van der Waals surface area contributed by atoms with Crippen LogP contribution < -0.4 is 5.32 Å². The largest absolute Gasteiger partial charge is 0.508 e. The molecule has 0 amide bonds. The van der Waals surface area contributed by atoms with Gasteiger partial charge in [-0.25, -0.2) is 0 Å². The van der Waals surface area contributed by atoms with Gasteiger partial charge in [0.15, 0.2) is 0 Å². The minimum atomic E-state index is 0.105. The molecule has 2 aromatic rings. The highest BCUT2D eigenvalue weighted by molar-refractivity contribution is 6.30. The fourth-order valence-corrected chi connectivity index (χ4v) is 2.70. The summed E-state index contributed by atoms with van der Waals surface area (Å²) in [6.45, 7) is 6.20. The molecule has 0 spiro atoms. The molecular weight excluding hydrogens is 282 g/mol. The molecule has 0 aliphatic heterocycles. The number of rotatable bonds is 5. The van der Waals surface area contributed by atoms with Crippen molar-refractivity contribution in [3.8, 4) is 5.75 Å². The highest BCUT2D eigenvalue weighted by Gasteiger charge is 2.13. The van der Waals surface area contributed by atoms with Crippen molar-refractivity contribution in [1.82, 2.24) is 5.32 Å². The molecule has 2 N–H and O–H groups in total. The van der Waals surface area contributed by atoms with Crippen molar-refractivity contribution in [2.24, 2.45) is 0 Å². The molecular formula is C18H22ClNO. The van der Waals surface area contributed by atoms with E-state index >= 15 is 0 Å². The average Bonchev–Trinajstić information content (AvgIpc) is 2.41. The van der Waals surface area contributed by atoms with Gasteiger partial charge in [0.1, 0.15) is 5.75 Å². The molecule has 0 fully saturated rings. The van der Waals surface area contributed by atoms with Gasteiger partial charge in [0, 0.05) is 22.7 Å². The molecule has 2 atom stereocenters. The van der Waals surface area contributed by atoms with E-state index in [1.54, 1.807) is 6.07 Å². The Hall–Kier alpha value is -1.51. The molecule has 0 aromatic heterocycles. The monoisotopic (exact) mass is 303 g/mol. The molecule has 2 unspecified atom stereocenters. The first kappa shape index (κ1) is 15.9. The van der Waals surface area contributed by atoms with E-state index in [0.717, 1.165) is 22.6 Å². The molecule has 21 heavy (non-hydrogen) atoms. The van der Waals surface area contributed by atoms with Crippen molar-refractivity contribution in [3.05, 3.63) is 64.2 Å². The number of hydrogen-bond acceptors (Lipinski definition) is 2. The van der Waals surface area contributed by atoms with E-state index in [1.165, 1.54) is 5.56 Å². The van der Waals surface area contributed by atoms with Gasteiger partial charge in [-0.2, -0.15) is 0 Å². The summed E-state index contributed by atoms with van der Waals surface area (Å²) in [5, 5.41) is 14.3. The summed E-state index contributed by atoms with van der Waals surface area (Å²) in [6, 6.07) is 14.2. The van der Waals surface area contributed by atoms with Crippen LogP contribution in [0.15, 0.2) is 42.5 Å². The highest BCUT2D eigenvalue weighted by Crippen LogP contribution is 2.25. The van der Waals surface area contributed by atoms with Crippen LogP contribution in [0.25, 0.3) is 0 Å². The molecule has 112 valence electrons. The number of aromatic hydroxyl groups is 1. The maximum Gasteiger partial charge on any atom is 0.120 e. The number of hydrogen-bond donors (Lipinski definition) is 2. The summed E-state index contributed by atoms with van der Waals surface area (Å²) < 4.78 is 0. The van der Waals surface area contributed by atoms with E-state index in [9.17, 15) is 5.11 Å². The van der Waals surface area contributed by atoms with Crippen molar-refractivity contribution in [2.75, 3.05) is 0 Å². The normalized spacial score (nSPS) is 13.9. The summed E-state index contributed by atoms with van der Waals surface area (Å²) >= 11 is 5.90. The molecule has 0 saturated carbocycles. The molecule has 3 heteroatoms. The van der Waals surface area contributed by atoms with Crippen molar-refractivity contribution in [1.29, 1.82) is 0 Å². The van der Waals surface area contributed by atoms with Gasteiger partial charge >= 0.3 is 0 Å². The Morgan fingerprint density at radius 1 is 1.10 bits per heavy atom. The summed E-state index contributed by atoms with van der Waals surface area (Å²) in [5.74, 6) is 0.355. The lowest BCUT2D eigenvalue weighted by Gasteiger charge is -2.21. The Labute approximate surface area is 131 Å². The van der Waals surface area contributed by atoms with Gasteiger partial charge in [0.2, 0.25) is 0 Å². The van der Waals surface area contributed by atoms with Gasteiger partial charge in [-0.1, -0.05) is 35.9 Å². The van der Waals surface area contributed by atoms with Crippen LogP contribution in [-0.2, 0) is 6.42 Å². The average molecular weight is 304 g/mol. The number of halogens is 1. The van der Waals surface area contributed by atoms with Gasteiger partial charge in [0.25, 0.3) is 0 Å². The van der Waals surface area contributed by atoms with Gasteiger partial charge in [-0.3, -0.25) is 0 Å². The highest BCUT2D eigenvalue weighted by atomic mass is 35.5. The minimum absolute atomic E-state index is 0.105. The molecule has 2 nitrogen and oxygen atoms in total. The van der Waals surface area contributed by atoms with Gasteiger partial charge in [0.05, 0.1) is 0 Å². The maximum atomic E-state index is 10.0. The fourth-order valence-electron chi connectivity index (χ4n) is 2.57. The van der Waals surface area contributed by atoms with E-state index < -0.39 is 0 Å². The zero-order chi connectivity index (χ0) is 15.4. The lowest BCUT2D eigenvalue weighted by atomic mass is 10.0. The van der Waals surface area contributed by atoms with Gasteiger partial charge in [-0.15, -0.1) is 0 Å². The van der Waals surface area contributed by atoms with E-state index in [1.807, 2.05) is 31.2 Å². The number of aryl methyl sites for hydroxylation is 1. The molecule has 2 aromatic carbocycles. The Bertz CT molecular complexity index is 595. The molecule has 0 bridgehead atoms. The maximum absolute atomic E-state index is 10.0. The summed E-state index contributed by atoms with van der Waals surface area (Å²) in [6.07, 6.45) is 0.925. The molecule has 0 heterocycles. The lowest BCUT2D eigenvalue weighted by Crippen LogP contribution is -2.30. The van der Waals surface area contributed by atoms with E-state index in [-0.39, 0.29) is 6.04 Å². The van der Waals surface area contributed by atoms with Crippen LogP contribution in [0.4, 0.5) is 0 Å². The lowest BCUT2D eigenvalue weighted by molar-refractivity contribution is 0.433. The number of benzene rings is 2. The summed E-state index contributed by atoms with van der Waals surface area (Å²) in [7, 11) is 0. The van der Waals surface area contributed by atoms with Crippen LogP contribution in [0, 0.1) is 6.92 Å². The predicted molar refractivity (Wildman–Crippen MR) is 89.0 cm³/mol. The standard InChI is InChI=1S/C18H22ClNO/c1-12-4-9-17(18(21)10-12)14(3)20-13(2)11-15-5-7-16(19)8-6-15/h4-10,13-14,20-21H,11H2,1-3H3. The quantitative estimate of drug-likeness (QED) is 0.843. The Morgan fingerprint density at radius 3 is 2.38 bits per heavy atom. The van der Waals surface area contributed by atoms with Crippen LogP contribution in [-0.4, -0.2) is 11.1 Å². The van der Waals surface area contributed by atoms with E-state index in [2.05, 4.69) is 31.3 Å². The predicted octanol–water partition coefficient (Wildman–Crippen LogP) is 4.64. The zero-order valence-electron chi connectivity index (χ0n) is 12.7. The summed E-state index contributed by atoms with van der Waals surface area (Å²) in [4.78, 5) is 0. The number of phenolic OH excluding ortho intramolecular Hbond substituents is 1. The molecule has 0 aliphatic rings. The topological polar surface area (TPSA) is 32.3 Å². The Balaban J connectivity index is 1.98. The second-order valence-corrected chi connectivity index (χ2v) is 6.12. The molecule has 0 saturated heterocycles. The third-order valence-electron chi connectivity index (χ3n) is 3.64. The molecule has 2 rings (SSSR count). The van der Waals surface area contributed by atoms with Crippen molar-refractivity contribution in [3.63, 3.8) is 0 Å². The first-order valence-electron chi connectivity index (χ1n) is 7.25. The van der Waals surface area contributed by atoms with Crippen LogP contribution in [0.1, 0.15) is 36.6 Å². The number of phenols is 1. The first-order chi connectivity index (χ1) is 9.95. The van der Waals surface area contributed by atoms with Crippen LogP contribution >= 0.6 is 11.6 Å². The van der Waals surface area contributed by atoms with Crippen LogP contribution in [0.5, 0.6) is 5.75 Å². The second-order valence-electron chi connectivity index (χ2n) is 5.68. The molecule has 0 aliphatic carbocycles. The number of nitrogens with one attached hydrogen (secondary N) is 1. The van der Waals surface area contributed by atoms with E-state index in [4.69, 9.17) is 11.6 Å². The SMILES string of the molecule is Cc1ccc(C(C)NC(C)Cc2ccc(Cl)cc2)c(O)c1. The summed E-state index contributed by atoms with van der Waals surface area (Å²) in [5.41, 5.74) is 3.25. The van der Waals surface area contributed by atoms with Gasteiger partial charge in [-0.05, 0) is 56.5 Å². The third kappa shape index (κ3) is 4.48. The minimum Gasteiger partial charge on any atom is -0.508 e. The van der Waals surface area contributed by atoms with Crippen LogP contribution in [0.3, 0.4) is 0 Å². The van der Waals surface area contributed by atoms with Crippen molar-refractivity contribution < 1.29 is 5.11 Å². The third-order valence-corrected chi connectivity index (χ3v) is 3.89. The van der Waals surface area contributed by atoms with E-state index in [0.29, 0.717) is 11.8 Å². The van der Waals surface area contributed by atoms with Gasteiger partial charge < -0.3 is 10.4 Å². The zero-order valence-corrected chi connectivity index (χ0v) is 13.5. The smallest absolute Gasteiger partial charge is 0.120 e. The van der Waals surface area contributed by atoms with Crippen LogP contribution in [0.2, 0.25) is 5.02 Å². The Kier molecular flexibility index (Phi) is 5.27. The molecule has 0 radical (unpaired) electrons. The van der Waals surface area contributed by atoms with Crippen molar-refractivity contribution in [2.45, 2.75) is 39.3 Å². The first-order valence-corrected chi connectivity index (χ1v) is 7.63. The van der Waals surface area contributed by atoms with Crippen molar-refractivity contribution >= 4 is 11.6 Å². The fraction of sp³-hybridized carbons (Fsp3) is 0.333. The Morgan fingerprint density at radius 2 is 1.76 bits per heavy atom.